The van der Waals surface area contributed by atoms with Crippen LogP contribution in [0, 0.1) is 5.92 Å². The van der Waals surface area contributed by atoms with Crippen LogP contribution in [0.1, 0.15) is 29.8 Å². The van der Waals surface area contributed by atoms with Crippen LogP contribution in [0.15, 0.2) is 30.3 Å². The standard InChI is InChI=1S/C18H19ClN4O2/c19-13-6-4-11(5-7-13)15-8-16(22-21-15)18(25)23-9-12-2-1-3-14(10-23)20-17(12)24/h4-8,12,14H,1-3,9-10H2,(H,20,24)(H,21,22)/t12-,14+/m1/s1. The van der Waals surface area contributed by atoms with Gasteiger partial charge in [0.15, 0.2) is 0 Å². The van der Waals surface area contributed by atoms with E-state index in [0.717, 1.165) is 24.8 Å². The van der Waals surface area contributed by atoms with Crippen LogP contribution in [0.4, 0.5) is 0 Å². The molecule has 0 aliphatic carbocycles. The number of aromatic amines is 1. The summed E-state index contributed by atoms with van der Waals surface area (Å²) in [7, 11) is 0. The minimum atomic E-state index is -0.116. The van der Waals surface area contributed by atoms with Gasteiger partial charge in [0, 0.05) is 29.7 Å². The van der Waals surface area contributed by atoms with E-state index in [1.54, 1.807) is 23.1 Å². The highest BCUT2D eigenvalue weighted by molar-refractivity contribution is 6.30. The summed E-state index contributed by atoms with van der Waals surface area (Å²) in [5.74, 6) is -0.152. The Balaban J connectivity index is 1.55. The molecule has 3 heterocycles. The largest absolute Gasteiger partial charge is 0.351 e. The summed E-state index contributed by atoms with van der Waals surface area (Å²) in [4.78, 5) is 26.8. The van der Waals surface area contributed by atoms with Crippen molar-refractivity contribution in [3.05, 3.63) is 41.0 Å². The van der Waals surface area contributed by atoms with Gasteiger partial charge in [0.25, 0.3) is 5.91 Å². The summed E-state index contributed by atoms with van der Waals surface area (Å²) in [6.07, 6.45) is 2.79. The quantitative estimate of drug-likeness (QED) is 0.865. The van der Waals surface area contributed by atoms with Crippen LogP contribution in [0.5, 0.6) is 0 Å². The molecule has 1 aromatic heterocycles. The Hall–Kier alpha value is -2.34. The van der Waals surface area contributed by atoms with Crippen LogP contribution in [-0.2, 0) is 4.79 Å². The summed E-state index contributed by atoms with van der Waals surface area (Å²) in [6, 6.07) is 9.11. The zero-order valence-corrected chi connectivity index (χ0v) is 14.4. The molecule has 0 unspecified atom stereocenters. The average molecular weight is 359 g/mol. The van der Waals surface area contributed by atoms with Crippen molar-refractivity contribution in [3.8, 4) is 11.3 Å². The molecule has 4 rings (SSSR count). The lowest BCUT2D eigenvalue weighted by Gasteiger charge is -2.27. The molecule has 0 radical (unpaired) electrons. The molecule has 0 saturated carbocycles. The molecule has 2 fully saturated rings. The Kier molecular flexibility index (Phi) is 4.21. The fraction of sp³-hybridized carbons (Fsp3) is 0.389. The van der Waals surface area contributed by atoms with Crippen molar-refractivity contribution in [2.24, 2.45) is 5.92 Å². The van der Waals surface area contributed by atoms with Crippen LogP contribution < -0.4 is 5.32 Å². The second-order valence-corrected chi connectivity index (χ2v) is 7.15. The first-order valence-corrected chi connectivity index (χ1v) is 8.89. The monoisotopic (exact) mass is 358 g/mol. The lowest BCUT2D eigenvalue weighted by atomic mass is 9.99. The highest BCUT2D eigenvalue weighted by Crippen LogP contribution is 2.24. The van der Waals surface area contributed by atoms with Gasteiger partial charge >= 0.3 is 0 Å². The van der Waals surface area contributed by atoms with Gasteiger partial charge in [0.2, 0.25) is 5.91 Å². The molecule has 1 aromatic carbocycles. The Morgan fingerprint density at radius 1 is 1.20 bits per heavy atom. The van der Waals surface area contributed by atoms with Gasteiger partial charge in [-0.2, -0.15) is 5.10 Å². The molecular formula is C18H19ClN4O2. The van der Waals surface area contributed by atoms with Crippen molar-refractivity contribution in [2.45, 2.75) is 25.3 Å². The Labute approximate surface area is 150 Å². The fourth-order valence-corrected chi connectivity index (χ4v) is 3.71. The van der Waals surface area contributed by atoms with E-state index in [2.05, 4.69) is 15.5 Å². The number of hydrogen-bond acceptors (Lipinski definition) is 3. The van der Waals surface area contributed by atoms with E-state index >= 15 is 0 Å². The first-order valence-electron chi connectivity index (χ1n) is 8.51. The highest BCUT2D eigenvalue weighted by Gasteiger charge is 2.35. The molecule has 2 saturated heterocycles. The van der Waals surface area contributed by atoms with Gasteiger partial charge in [0.1, 0.15) is 5.69 Å². The first-order chi connectivity index (χ1) is 12.1. The lowest BCUT2D eigenvalue weighted by molar-refractivity contribution is -0.124. The van der Waals surface area contributed by atoms with Crippen LogP contribution in [-0.4, -0.2) is 46.0 Å². The third-order valence-electron chi connectivity index (χ3n) is 4.94. The van der Waals surface area contributed by atoms with Crippen LogP contribution >= 0.6 is 11.6 Å². The second-order valence-electron chi connectivity index (χ2n) is 6.72. The van der Waals surface area contributed by atoms with Gasteiger partial charge in [0.05, 0.1) is 11.6 Å². The molecule has 2 atom stereocenters. The molecule has 2 amide bonds. The summed E-state index contributed by atoms with van der Waals surface area (Å²) in [5, 5.41) is 10.8. The third kappa shape index (κ3) is 3.26. The van der Waals surface area contributed by atoms with Gasteiger partial charge < -0.3 is 10.2 Å². The summed E-state index contributed by atoms with van der Waals surface area (Å²) in [6.45, 7) is 1.02. The van der Waals surface area contributed by atoms with Crippen LogP contribution in [0.3, 0.4) is 0 Å². The number of H-pyrrole nitrogens is 1. The van der Waals surface area contributed by atoms with Crippen molar-refractivity contribution in [1.29, 1.82) is 0 Å². The van der Waals surface area contributed by atoms with Gasteiger partial charge in [-0.05, 0) is 31.0 Å². The number of carbonyl (C=O) groups is 2. The number of nitrogens with one attached hydrogen (secondary N) is 2. The van der Waals surface area contributed by atoms with E-state index < -0.39 is 0 Å². The molecule has 2 aliphatic heterocycles. The number of likely N-dealkylation sites (tertiary alicyclic amines) is 1. The van der Waals surface area contributed by atoms with E-state index in [4.69, 9.17) is 11.6 Å². The number of benzene rings is 1. The molecule has 7 heteroatoms. The van der Waals surface area contributed by atoms with Crippen LogP contribution in [0.2, 0.25) is 5.02 Å². The number of aromatic nitrogens is 2. The SMILES string of the molecule is O=C1N[C@H]2CCC[C@@H]1CN(C(=O)c1cc(-c3ccc(Cl)cc3)n[nH]1)C2. The number of rotatable bonds is 2. The highest BCUT2D eigenvalue weighted by atomic mass is 35.5. The maximum Gasteiger partial charge on any atom is 0.271 e. The van der Waals surface area contributed by atoms with Crippen molar-refractivity contribution in [2.75, 3.05) is 13.1 Å². The maximum absolute atomic E-state index is 12.9. The van der Waals surface area contributed by atoms with Gasteiger partial charge in [-0.25, -0.2) is 0 Å². The van der Waals surface area contributed by atoms with E-state index in [1.165, 1.54) is 0 Å². The molecule has 0 spiro atoms. The molecular weight excluding hydrogens is 340 g/mol. The van der Waals surface area contributed by atoms with E-state index in [0.29, 0.717) is 29.5 Å². The Bertz CT molecular complexity index is 802. The Morgan fingerprint density at radius 2 is 2.00 bits per heavy atom. The molecule has 2 aromatic rings. The van der Waals surface area contributed by atoms with Gasteiger partial charge in [-0.1, -0.05) is 30.2 Å². The van der Waals surface area contributed by atoms with E-state index in [-0.39, 0.29) is 23.8 Å². The van der Waals surface area contributed by atoms with E-state index in [9.17, 15) is 9.59 Å². The number of amides is 2. The summed E-state index contributed by atoms with van der Waals surface area (Å²) < 4.78 is 0. The Morgan fingerprint density at radius 3 is 2.80 bits per heavy atom. The number of nitrogens with zero attached hydrogens (tertiary/aromatic N) is 2. The van der Waals surface area contributed by atoms with E-state index in [1.807, 2.05) is 12.1 Å². The lowest BCUT2D eigenvalue weighted by Crippen LogP contribution is -2.41. The fourth-order valence-electron chi connectivity index (χ4n) is 3.59. The number of hydrogen-bond donors (Lipinski definition) is 2. The van der Waals surface area contributed by atoms with Crippen molar-refractivity contribution in [3.63, 3.8) is 0 Å². The zero-order valence-electron chi connectivity index (χ0n) is 13.7. The zero-order chi connectivity index (χ0) is 17.4. The molecule has 2 bridgehead atoms. The van der Waals surface area contributed by atoms with Crippen molar-refractivity contribution < 1.29 is 9.59 Å². The molecule has 25 heavy (non-hydrogen) atoms. The predicted molar refractivity (Wildman–Crippen MR) is 94.2 cm³/mol. The molecule has 2 aliphatic rings. The summed E-state index contributed by atoms with van der Waals surface area (Å²) >= 11 is 5.91. The summed E-state index contributed by atoms with van der Waals surface area (Å²) in [5.41, 5.74) is 2.03. The van der Waals surface area contributed by atoms with Crippen molar-refractivity contribution in [1.82, 2.24) is 20.4 Å². The average Bonchev–Trinajstić information content (AvgIpc) is 2.93. The van der Waals surface area contributed by atoms with Gasteiger partial charge in [-0.3, -0.25) is 14.7 Å². The molecule has 130 valence electrons. The number of carbonyl (C=O) groups excluding carboxylic acids is 2. The normalized spacial score (nSPS) is 23.1. The number of halogens is 1. The van der Waals surface area contributed by atoms with Crippen LogP contribution in [0.25, 0.3) is 11.3 Å². The number of fused-ring (bicyclic) bond motifs is 3. The smallest absolute Gasteiger partial charge is 0.271 e. The minimum Gasteiger partial charge on any atom is -0.351 e. The predicted octanol–water partition coefficient (Wildman–Crippen LogP) is 2.47. The molecule has 6 nitrogen and oxygen atoms in total. The maximum atomic E-state index is 12.9. The third-order valence-corrected chi connectivity index (χ3v) is 5.19. The first kappa shape index (κ1) is 16.1. The minimum absolute atomic E-state index is 0.0441. The topological polar surface area (TPSA) is 78.1 Å². The van der Waals surface area contributed by atoms with Gasteiger partial charge in [-0.15, -0.1) is 0 Å². The molecule has 2 N–H and O–H groups in total. The van der Waals surface area contributed by atoms with Crippen molar-refractivity contribution >= 4 is 23.4 Å². The second kappa shape index (κ2) is 6.52.